The van der Waals surface area contributed by atoms with Crippen molar-refractivity contribution in [1.29, 1.82) is 0 Å². The summed E-state index contributed by atoms with van der Waals surface area (Å²) in [6, 6.07) is 7.16. The molecule has 142 valence electrons. The monoisotopic (exact) mass is 406 g/mol. The van der Waals surface area contributed by atoms with Gasteiger partial charge in [0.2, 0.25) is 11.7 Å². The number of rotatable bonds is 7. The lowest BCUT2D eigenvalue weighted by Gasteiger charge is -2.15. The number of aromatic amines is 1. The minimum atomic E-state index is -0.264. The van der Waals surface area contributed by atoms with Crippen molar-refractivity contribution in [3.05, 3.63) is 34.4 Å². The second-order valence-corrected chi connectivity index (χ2v) is 6.71. The first-order valence-electron chi connectivity index (χ1n) is 7.86. The van der Waals surface area contributed by atoms with Gasteiger partial charge in [-0.3, -0.25) is 14.5 Å². The van der Waals surface area contributed by atoms with Crippen LogP contribution in [-0.2, 0) is 11.3 Å². The summed E-state index contributed by atoms with van der Waals surface area (Å²) in [6.07, 6.45) is 0. The van der Waals surface area contributed by atoms with Gasteiger partial charge < -0.3 is 19.5 Å². The summed E-state index contributed by atoms with van der Waals surface area (Å²) in [4.78, 5) is 13.5. The summed E-state index contributed by atoms with van der Waals surface area (Å²) in [5, 5.41) is 11.7. The molecule has 0 spiro atoms. The topological polar surface area (TPSA) is 90.4 Å². The summed E-state index contributed by atoms with van der Waals surface area (Å²) in [5.74, 6) is 1.71. The van der Waals surface area contributed by atoms with Crippen molar-refractivity contribution in [3.8, 4) is 28.0 Å². The molecule has 3 rings (SSSR count). The Bertz CT molecular complexity index is 970. The number of hydrogen-bond donors (Lipinski definition) is 2. The molecule has 0 fully saturated rings. The third-order valence-electron chi connectivity index (χ3n) is 3.75. The molecule has 0 unspecified atom stereocenters. The highest BCUT2D eigenvalue weighted by molar-refractivity contribution is 7.71. The fourth-order valence-corrected chi connectivity index (χ4v) is 3.47. The van der Waals surface area contributed by atoms with Gasteiger partial charge in [0.25, 0.3) is 0 Å². The lowest BCUT2D eigenvalue weighted by molar-refractivity contribution is -0.116. The van der Waals surface area contributed by atoms with Gasteiger partial charge >= 0.3 is 0 Å². The van der Waals surface area contributed by atoms with Crippen molar-refractivity contribution in [3.63, 3.8) is 0 Å². The Morgan fingerprint density at radius 1 is 1.26 bits per heavy atom. The molecule has 27 heavy (non-hydrogen) atoms. The lowest BCUT2D eigenvalue weighted by Crippen LogP contribution is -2.19. The standard InChI is InChI=1S/C17H18N4O4S2/c1-23-11-7-10(8-12(24-2)15(11)25-3)18-14(22)9-21-16(19-20-17(21)26)13-5-4-6-27-13/h4-8H,9H2,1-3H3,(H,18,22)(H,20,26). The molecule has 0 saturated heterocycles. The SMILES string of the molecule is COc1cc(NC(=O)Cn2c(-c3cccs3)n[nH]c2=S)cc(OC)c1OC. The maximum absolute atomic E-state index is 12.6. The van der Waals surface area contributed by atoms with Gasteiger partial charge in [0, 0.05) is 17.8 Å². The first-order valence-corrected chi connectivity index (χ1v) is 9.15. The molecule has 8 nitrogen and oxygen atoms in total. The van der Waals surface area contributed by atoms with Crippen molar-refractivity contribution in [2.24, 2.45) is 0 Å². The van der Waals surface area contributed by atoms with E-state index in [0.29, 0.717) is 33.5 Å². The van der Waals surface area contributed by atoms with Gasteiger partial charge in [0.1, 0.15) is 6.54 Å². The van der Waals surface area contributed by atoms with Crippen molar-refractivity contribution in [1.82, 2.24) is 14.8 Å². The average Bonchev–Trinajstić information content (AvgIpc) is 3.31. The fraction of sp³-hybridized carbons (Fsp3) is 0.235. The summed E-state index contributed by atoms with van der Waals surface area (Å²) >= 11 is 6.77. The zero-order chi connectivity index (χ0) is 19.4. The van der Waals surface area contributed by atoms with Crippen molar-refractivity contribution >= 4 is 35.1 Å². The molecule has 2 aromatic heterocycles. The molecule has 0 bridgehead atoms. The molecule has 0 aliphatic carbocycles. The summed E-state index contributed by atoms with van der Waals surface area (Å²) in [6.45, 7) is 0.0131. The maximum Gasteiger partial charge on any atom is 0.244 e. The van der Waals surface area contributed by atoms with E-state index in [9.17, 15) is 4.79 Å². The smallest absolute Gasteiger partial charge is 0.244 e. The van der Waals surface area contributed by atoms with Crippen molar-refractivity contribution in [2.45, 2.75) is 6.54 Å². The molecule has 1 amide bonds. The second kappa shape index (κ2) is 8.23. The number of anilines is 1. The molecule has 0 atom stereocenters. The third kappa shape index (κ3) is 3.96. The van der Waals surface area contributed by atoms with Crippen molar-refractivity contribution in [2.75, 3.05) is 26.6 Å². The fourth-order valence-electron chi connectivity index (χ4n) is 2.56. The maximum atomic E-state index is 12.6. The first kappa shape index (κ1) is 18.9. The van der Waals surface area contributed by atoms with Gasteiger partial charge in [-0.1, -0.05) is 6.07 Å². The third-order valence-corrected chi connectivity index (χ3v) is 4.93. The van der Waals surface area contributed by atoms with Crippen LogP contribution >= 0.6 is 23.6 Å². The summed E-state index contributed by atoms with van der Waals surface area (Å²) in [7, 11) is 4.55. The number of methoxy groups -OCH3 is 3. The van der Waals surface area contributed by atoms with E-state index >= 15 is 0 Å². The first-order chi connectivity index (χ1) is 13.1. The highest BCUT2D eigenvalue weighted by atomic mass is 32.1. The van der Waals surface area contributed by atoms with Gasteiger partial charge in [-0.2, -0.15) is 5.10 Å². The van der Waals surface area contributed by atoms with Crippen LogP contribution in [0.1, 0.15) is 0 Å². The number of ether oxygens (including phenoxy) is 3. The molecule has 0 saturated carbocycles. The number of H-pyrrole nitrogens is 1. The molecular weight excluding hydrogens is 388 g/mol. The normalized spacial score (nSPS) is 10.5. The van der Waals surface area contributed by atoms with E-state index in [1.165, 1.54) is 32.7 Å². The number of benzene rings is 1. The Morgan fingerprint density at radius 3 is 2.52 bits per heavy atom. The van der Waals surface area contributed by atoms with Crippen LogP contribution in [0.5, 0.6) is 17.2 Å². The predicted molar refractivity (Wildman–Crippen MR) is 105 cm³/mol. The van der Waals surface area contributed by atoms with E-state index in [2.05, 4.69) is 15.5 Å². The number of aromatic nitrogens is 3. The molecule has 0 aliphatic heterocycles. The van der Waals surface area contributed by atoms with Crippen LogP contribution < -0.4 is 19.5 Å². The number of hydrogen-bond acceptors (Lipinski definition) is 7. The molecule has 2 heterocycles. The summed E-state index contributed by atoms with van der Waals surface area (Å²) < 4.78 is 17.9. The van der Waals surface area contributed by atoms with Crippen molar-refractivity contribution < 1.29 is 19.0 Å². The molecular formula is C17H18N4O4S2. The molecule has 1 aromatic carbocycles. The zero-order valence-electron chi connectivity index (χ0n) is 14.9. The van der Waals surface area contributed by atoms with Crippen LogP contribution in [0.3, 0.4) is 0 Å². The van der Waals surface area contributed by atoms with Gasteiger partial charge in [0.05, 0.1) is 26.2 Å². The minimum absolute atomic E-state index is 0.0131. The molecule has 2 N–H and O–H groups in total. The summed E-state index contributed by atoms with van der Waals surface area (Å²) in [5.41, 5.74) is 0.516. The largest absolute Gasteiger partial charge is 0.493 e. The number of carbonyl (C=O) groups excluding carboxylic acids is 1. The minimum Gasteiger partial charge on any atom is -0.493 e. The quantitative estimate of drug-likeness (QED) is 0.585. The molecule has 10 heteroatoms. The number of thiophene rings is 1. The molecule has 3 aromatic rings. The van der Waals surface area contributed by atoms with E-state index in [1.807, 2.05) is 17.5 Å². The van der Waals surface area contributed by atoms with Crippen LogP contribution in [0.4, 0.5) is 5.69 Å². The van der Waals surface area contributed by atoms with E-state index in [-0.39, 0.29) is 12.5 Å². The van der Waals surface area contributed by atoms with E-state index in [4.69, 9.17) is 26.4 Å². The van der Waals surface area contributed by atoms with Gasteiger partial charge in [-0.15, -0.1) is 11.3 Å². The Balaban J connectivity index is 1.83. The highest BCUT2D eigenvalue weighted by Crippen LogP contribution is 2.39. The number of amides is 1. The molecule has 0 aliphatic rings. The van der Waals surface area contributed by atoms with Crippen LogP contribution in [-0.4, -0.2) is 42.0 Å². The highest BCUT2D eigenvalue weighted by Gasteiger charge is 2.16. The number of nitrogens with one attached hydrogen (secondary N) is 2. The van der Waals surface area contributed by atoms with Crippen LogP contribution in [0.15, 0.2) is 29.6 Å². The van der Waals surface area contributed by atoms with Crippen LogP contribution in [0.25, 0.3) is 10.7 Å². The molecule has 0 radical (unpaired) electrons. The van der Waals surface area contributed by atoms with Gasteiger partial charge in [0.15, 0.2) is 22.1 Å². The Labute approximate surface area is 164 Å². The van der Waals surface area contributed by atoms with E-state index < -0.39 is 0 Å². The number of carbonyl (C=O) groups is 1. The number of nitrogens with zero attached hydrogens (tertiary/aromatic N) is 2. The Hall–Kier alpha value is -2.85. The zero-order valence-corrected chi connectivity index (χ0v) is 16.6. The average molecular weight is 406 g/mol. The Kier molecular flexibility index (Phi) is 5.77. The van der Waals surface area contributed by atoms with E-state index in [0.717, 1.165) is 4.88 Å². The Morgan fingerprint density at radius 2 is 1.96 bits per heavy atom. The van der Waals surface area contributed by atoms with Crippen LogP contribution in [0.2, 0.25) is 0 Å². The van der Waals surface area contributed by atoms with Crippen LogP contribution in [0, 0.1) is 4.77 Å². The lowest BCUT2D eigenvalue weighted by atomic mass is 10.2. The van der Waals surface area contributed by atoms with Gasteiger partial charge in [-0.25, -0.2) is 0 Å². The second-order valence-electron chi connectivity index (χ2n) is 5.38. The van der Waals surface area contributed by atoms with E-state index in [1.54, 1.807) is 16.7 Å². The predicted octanol–water partition coefficient (Wildman–Crippen LogP) is 3.33. The van der Waals surface area contributed by atoms with Gasteiger partial charge in [-0.05, 0) is 23.7 Å².